The third-order valence-corrected chi connectivity index (χ3v) is 3.74. The van der Waals surface area contributed by atoms with Gasteiger partial charge in [0.15, 0.2) is 0 Å². The van der Waals surface area contributed by atoms with E-state index in [9.17, 15) is 18.7 Å². The molecule has 2 nitrogen and oxygen atoms in total. The number of carboxylic acid groups (broad SMARTS) is 1. The molecule has 1 fully saturated rings. The maximum Gasteiger partial charge on any atom is 0.314 e. The highest BCUT2D eigenvalue weighted by Crippen LogP contribution is 2.41. The van der Waals surface area contributed by atoms with Gasteiger partial charge >= 0.3 is 5.97 Å². The van der Waals surface area contributed by atoms with Crippen LogP contribution in [0.2, 0.25) is 0 Å². The number of hydrogen-bond donors (Lipinski definition) is 1. The van der Waals surface area contributed by atoms with Crippen molar-refractivity contribution in [3.05, 3.63) is 35.4 Å². The van der Waals surface area contributed by atoms with Crippen LogP contribution < -0.4 is 0 Å². The highest BCUT2D eigenvalue weighted by atomic mass is 19.3. The van der Waals surface area contributed by atoms with E-state index in [0.717, 1.165) is 12.8 Å². The van der Waals surface area contributed by atoms with Crippen LogP contribution in [0.15, 0.2) is 24.3 Å². The third-order valence-electron chi connectivity index (χ3n) is 3.74. The van der Waals surface area contributed by atoms with E-state index in [0.29, 0.717) is 24.0 Å². The minimum atomic E-state index is -2.40. The Kier molecular flexibility index (Phi) is 3.64. The summed E-state index contributed by atoms with van der Waals surface area (Å²) in [5, 5.41) is 9.44. The highest BCUT2D eigenvalue weighted by molar-refractivity contribution is 5.81. The van der Waals surface area contributed by atoms with Crippen molar-refractivity contribution in [2.45, 2.75) is 43.9 Å². The van der Waals surface area contributed by atoms with Crippen molar-refractivity contribution in [1.82, 2.24) is 0 Å². The molecule has 2 rings (SSSR count). The van der Waals surface area contributed by atoms with E-state index in [4.69, 9.17) is 0 Å². The third kappa shape index (κ3) is 2.37. The highest BCUT2D eigenvalue weighted by Gasteiger charge is 2.42. The summed E-state index contributed by atoms with van der Waals surface area (Å²) in [6.07, 6.45) is 0.242. The van der Waals surface area contributed by atoms with Crippen molar-refractivity contribution in [3.8, 4) is 0 Å². The van der Waals surface area contributed by atoms with Gasteiger partial charge in [-0.3, -0.25) is 4.79 Å². The number of carbonyl (C=O) groups is 1. The summed E-state index contributed by atoms with van der Waals surface area (Å²) >= 11 is 0. The molecule has 1 N–H and O–H groups in total. The number of hydrogen-bond acceptors (Lipinski definition) is 1. The second-order valence-electron chi connectivity index (χ2n) is 4.89. The first-order valence-electron chi connectivity index (χ1n) is 6.15. The van der Waals surface area contributed by atoms with Gasteiger partial charge in [-0.15, -0.1) is 0 Å². The first kappa shape index (κ1) is 13.0. The zero-order chi connectivity index (χ0) is 13.2. The Labute approximate surface area is 105 Å². The second kappa shape index (κ2) is 5.04. The van der Waals surface area contributed by atoms with Gasteiger partial charge in [0.2, 0.25) is 6.43 Å². The fourth-order valence-corrected chi connectivity index (χ4v) is 2.78. The maximum atomic E-state index is 12.4. The van der Waals surface area contributed by atoms with Gasteiger partial charge in [0.05, 0.1) is 5.41 Å². The molecule has 18 heavy (non-hydrogen) atoms. The smallest absolute Gasteiger partial charge is 0.314 e. The molecule has 0 radical (unpaired) electrons. The van der Waals surface area contributed by atoms with Crippen molar-refractivity contribution >= 4 is 5.97 Å². The van der Waals surface area contributed by atoms with Crippen molar-refractivity contribution in [2.75, 3.05) is 0 Å². The molecule has 0 atom stereocenters. The Morgan fingerprint density at radius 2 is 2.00 bits per heavy atom. The summed E-state index contributed by atoms with van der Waals surface area (Å²) in [7, 11) is 0. The predicted octanol–water partition coefficient (Wildman–Crippen LogP) is 3.39. The molecule has 1 aliphatic carbocycles. The van der Waals surface area contributed by atoms with E-state index in [1.807, 2.05) is 0 Å². The second-order valence-corrected chi connectivity index (χ2v) is 4.89. The van der Waals surface area contributed by atoms with Crippen LogP contribution in [0, 0.1) is 0 Å². The van der Waals surface area contributed by atoms with Gasteiger partial charge in [-0.2, -0.15) is 0 Å². The lowest BCUT2D eigenvalue weighted by atomic mass is 9.78. The van der Waals surface area contributed by atoms with Gasteiger partial charge in [0.1, 0.15) is 0 Å². The molecule has 1 aromatic carbocycles. The number of aliphatic carboxylic acids is 1. The molecule has 0 bridgehead atoms. The van der Waals surface area contributed by atoms with Crippen LogP contribution in [0.3, 0.4) is 0 Å². The monoisotopic (exact) mass is 254 g/mol. The van der Waals surface area contributed by atoms with Crippen molar-refractivity contribution in [2.24, 2.45) is 0 Å². The van der Waals surface area contributed by atoms with E-state index < -0.39 is 17.8 Å². The number of rotatable bonds is 4. The van der Waals surface area contributed by atoms with Crippen LogP contribution in [-0.2, 0) is 16.6 Å². The van der Waals surface area contributed by atoms with E-state index in [1.165, 1.54) is 0 Å². The van der Waals surface area contributed by atoms with Crippen LogP contribution in [0.1, 0.15) is 36.8 Å². The topological polar surface area (TPSA) is 37.3 Å². The van der Waals surface area contributed by atoms with Crippen LogP contribution in [-0.4, -0.2) is 17.5 Å². The van der Waals surface area contributed by atoms with Gasteiger partial charge in [0, 0.05) is 6.42 Å². The predicted molar refractivity (Wildman–Crippen MR) is 63.9 cm³/mol. The Bertz CT molecular complexity index is 437. The molecule has 0 aromatic heterocycles. The molecule has 0 heterocycles. The fourth-order valence-electron chi connectivity index (χ4n) is 2.78. The average molecular weight is 254 g/mol. The van der Waals surface area contributed by atoms with Crippen LogP contribution in [0.4, 0.5) is 8.78 Å². The minimum Gasteiger partial charge on any atom is -0.481 e. The van der Waals surface area contributed by atoms with Gasteiger partial charge < -0.3 is 5.11 Å². The molecule has 0 spiro atoms. The number of carboxylic acids is 1. The molecule has 98 valence electrons. The first-order chi connectivity index (χ1) is 8.54. The number of benzene rings is 1. The summed E-state index contributed by atoms with van der Waals surface area (Å²) in [6, 6.07) is 6.68. The Morgan fingerprint density at radius 3 is 2.56 bits per heavy atom. The number of halogens is 2. The molecule has 0 amide bonds. The molecular weight excluding hydrogens is 238 g/mol. The Hall–Kier alpha value is -1.45. The van der Waals surface area contributed by atoms with E-state index in [1.54, 1.807) is 24.3 Å². The Morgan fingerprint density at radius 1 is 1.33 bits per heavy atom. The lowest BCUT2D eigenvalue weighted by molar-refractivity contribution is -0.143. The van der Waals surface area contributed by atoms with Gasteiger partial charge in [-0.05, 0) is 24.0 Å². The maximum absolute atomic E-state index is 12.4. The van der Waals surface area contributed by atoms with E-state index in [-0.39, 0.29) is 6.42 Å². The molecule has 0 aliphatic heterocycles. The summed E-state index contributed by atoms with van der Waals surface area (Å²) in [5.74, 6) is -0.839. The quantitative estimate of drug-likeness (QED) is 0.894. The number of alkyl halides is 2. The molecule has 1 aromatic rings. The summed E-state index contributed by atoms with van der Waals surface area (Å²) in [6.45, 7) is 0. The summed E-state index contributed by atoms with van der Waals surface area (Å²) in [4.78, 5) is 11.5. The lowest BCUT2D eigenvalue weighted by Crippen LogP contribution is -2.32. The average Bonchev–Trinajstić information content (AvgIpc) is 2.78. The van der Waals surface area contributed by atoms with Crippen LogP contribution in [0.25, 0.3) is 0 Å². The largest absolute Gasteiger partial charge is 0.481 e. The van der Waals surface area contributed by atoms with Gasteiger partial charge in [-0.25, -0.2) is 8.78 Å². The van der Waals surface area contributed by atoms with E-state index >= 15 is 0 Å². The molecule has 1 aliphatic rings. The molecular formula is C14H16F2O2. The normalized spacial score (nSPS) is 18.2. The van der Waals surface area contributed by atoms with Gasteiger partial charge in [-0.1, -0.05) is 37.1 Å². The van der Waals surface area contributed by atoms with Crippen molar-refractivity contribution in [1.29, 1.82) is 0 Å². The molecule has 1 saturated carbocycles. The Balaban J connectivity index is 2.34. The zero-order valence-electron chi connectivity index (χ0n) is 10.0. The minimum absolute atomic E-state index is 0.316. The zero-order valence-corrected chi connectivity index (χ0v) is 10.0. The molecule has 0 unspecified atom stereocenters. The van der Waals surface area contributed by atoms with Gasteiger partial charge in [0.25, 0.3) is 0 Å². The van der Waals surface area contributed by atoms with Crippen molar-refractivity contribution < 1.29 is 18.7 Å². The lowest BCUT2D eigenvalue weighted by Gasteiger charge is -2.24. The van der Waals surface area contributed by atoms with Crippen molar-refractivity contribution in [3.63, 3.8) is 0 Å². The van der Waals surface area contributed by atoms with Crippen LogP contribution >= 0.6 is 0 Å². The molecule has 0 saturated heterocycles. The molecule has 4 heteroatoms. The fraction of sp³-hybridized carbons (Fsp3) is 0.500. The summed E-state index contributed by atoms with van der Waals surface area (Å²) < 4.78 is 24.7. The summed E-state index contributed by atoms with van der Waals surface area (Å²) in [5.41, 5.74) is 0.318. The standard InChI is InChI=1S/C14H16F2O2/c15-12(16)9-10-4-3-5-11(8-10)14(13(17)18)6-1-2-7-14/h3-5,8,12H,1-2,6-7,9H2,(H,17,18). The van der Waals surface area contributed by atoms with E-state index in [2.05, 4.69) is 0 Å². The van der Waals surface area contributed by atoms with Crippen LogP contribution in [0.5, 0.6) is 0 Å². The SMILES string of the molecule is O=C(O)C1(c2cccc(CC(F)F)c2)CCCC1. The first-order valence-corrected chi connectivity index (χ1v) is 6.15.